The lowest BCUT2D eigenvalue weighted by Gasteiger charge is -2.28. The van der Waals surface area contributed by atoms with Crippen LogP contribution >= 0.6 is 11.3 Å². The summed E-state index contributed by atoms with van der Waals surface area (Å²) in [5.41, 5.74) is 2.36. The lowest BCUT2D eigenvalue weighted by Crippen LogP contribution is -2.41. The number of para-hydroxylation sites is 2. The fraction of sp³-hybridized carbons (Fsp3) is 0.111. The topological polar surface area (TPSA) is 84.4 Å². The van der Waals surface area contributed by atoms with Crippen LogP contribution in [0.2, 0.25) is 0 Å². The Hall–Kier alpha value is -3.26. The van der Waals surface area contributed by atoms with E-state index in [2.05, 4.69) is 15.3 Å². The molecule has 0 aliphatic carbocycles. The Morgan fingerprint density at radius 3 is 3.00 bits per heavy atom. The van der Waals surface area contributed by atoms with Gasteiger partial charge in [-0.3, -0.25) is 9.78 Å². The first-order valence-corrected chi connectivity index (χ1v) is 8.77. The number of hydrogen-bond acceptors (Lipinski definition) is 7. The maximum Gasteiger partial charge on any atom is 0.331 e. The highest BCUT2D eigenvalue weighted by Crippen LogP contribution is 2.31. The Morgan fingerprint density at radius 1 is 1.27 bits per heavy atom. The molecule has 1 aliphatic rings. The van der Waals surface area contributed by atoms with Crippen molar-refractivity contribution in [2.24, 2.45) is 0 Å². The van der Waals surface area contributed by atoms with Gasteiger partial charge in [0.2, 0.25) is 5.91 Å². The number of carbonyl (C=O) groups is 2. The van der Waals surface area contributed by atoms with Gasteiger partial charge in [0.1, 0.15) is 6.54 Å². The van der Waals surface area contributed by atoms with Crippen LogP contribution in [0.3, 0.4) is 0 Å². The Balaban J connectivity index is 1.45. The molecular weight excluding hydrogens is 352 g/mol. The fourth-order valence-electron chi connectivity index (χ4n) is 2.65. The number of pyridine rings is 1. The predicted octanol–water partition coefficient (Wildman–Crippen LogP) is 2.57. The number of esters is 1. The van der Waals surface area contributed by atoms with Crippen molar-refractivity contribution in [3.8, 4) is 17.0 Å². The van der Waals surface area contributed by atoms with Gasteiger partial charge in [-0.1, -0.05) is 12.1 Å². The van der Waals surface area contributed by atoms with E-state index in [0.29, 0.717) is 10.9 Å². The second-order valence-electron chi connectivity index (χ2n) is 5.63. The van der Waals surface area contributed by atoms with Crippen LogP contribution < -0.4 is 15.0 Å². The SMILES string of the molecule is O=C(CN1CC(=O)Oc2ccccc21)Nc1nc(-c2cccnc2)cs1. The number of ether oxygens (including phenoxy) is 1. The molecule has 0 saturated carbocycles. The van der Waals surface area contributed by atoms with Gasteiger partial charge in [0.25, 0.3) is 0 Å². The zero-order valence-corrected chi connectivity index (χ0v) is 14.4. The molecule has 0 spiro atoms. The number of aromatic nitrogens is 2. The van der Waals surface area contributed by atoms with Crippen LogP contribution in [-0.4, -0.2) is 34.9 Å². The van der Waals surface area contributed by atoms with Crippen LogP contribution in [0.15, 0.2) is 54.2 Å². The number of amides is 1. The maximum absolute atomic E-state index is 12.4. The number of rotatable bonds is 4. The third kappa shape index (κ3) is 3.40. The summed E-state index contributed by atoms with van der Waals surface area (Å²) in [5.74, 6) is -0.170. The highest BCUT2D eigenvalue weighted by Gasteiger charge is 2.25. The first-order valence-electron chi connectivity index (χ1n) is 7.89. The summed E-state index contributed by atoms with van der Waals surface area (Å²) >= 11 is 1.34. The zero-order valence-electron chi connectivity index (χ0n) is 13.6. The molecule has 4 rings (SSSR count). The monoisotopic (exact) mass is 366 g/mol. The van der Waals surface area contributed by atoms with Crippen molar-refractivity contribution in [2.75, 3.05) is 23.3 Å². The summed E-state index contributed by atoms with van der Waals surface area (Å²) in [6.07, 6.45) is 3.41. The van der Waals surface area contributed by atoms with Crippen LogP contribution in [0.25, 0.3) is 11.3 Å². The van der Waals surface area contributed by atoms with Crippen LogP contribution in [0.5, 0.6) is 5.75 Å². The van der Waals surface area contributed by atoms with Crippen molar-refractivity contribution in [1.29, 1.82) is 0 Å². The van der Waals surface area contributed by atoms with Gasteiger partial charge in [0.05, 0.1) is 17.9 Å². The molecule has 7 nitrogen and oxygen atoms in total. The van der Waals surface area contributed by atoms with Crippen molar-refractivity contribution >= 4 is 34.0 Å². The van der Waals surface area contributed by atoms with Crippen molar-refractivity contribution in [2.45, 2.75) is 0 Å². The first-order chi connectivity index (χ1) is 12.7. The number of nitrogens with one attached hydrogen (secondary N) is 1. The molecule has 8 heteroatoms. The van der Waals surface area contributed by atoms with E-state index in [1.807, 2.05) is 29.6 Å². The maximum atomic E-state index is 12.4. The molecule has 0 atom stereocenters. The van der Waals surface area contributed by atoms with E-state index >= 15 is 0 Å². The minimum absolute atomic E-state index is 0.0310. The van der Waals surface area contributed by atoms with Crippen molar-refractivity contribution in [3.63, 3.8) is 0 Å². The van der Waals surface area contributed by atoms with E-state index in [-0.39, 0.29) is 25.0 Å². The van der Waals surface area contributed by atoms with Crippen molar-refractivity contribution in [3.05, 3.63) is 54.2 Å². The van der Waals surface area contributed by atoms with Gasteiger partial charge in [-0.05, 0) is 24.3 Å². The largest absolute Gasteiger partial charge is 0.423 e. The molecule has 130 valence electrons. The number of anilines is 2. The van der Waals surface area contributed by atoms with E-state index in [9.17, 15) is 9.59 Å². The summed E-state index contributed by atoms with van der Waals surface area (Å²) < 4.78 is 5.19. The predicted molar refractivity (Wildman–Crippen MR) is 98.3 cm³/mol. The van der Waals surface area contributed by atoms with Crippen LogP contribution in [-0.2, 0) is 9.59 Å². The highest BCUT2D eigenvalue weighted by atomic mass is 32.1. The molecule has 0 bridgehead atoms. The second kappa shape index (κ2) is 6.93. The molecule has 1 aliphatic heterocycles. The average Bonchev–Trinajstić information content (AvgIpc) is 3.10. The Labute approximate surface area is 153 Å². The summed E-state index contributed by atoms with van der Waals surface area (Å²) in [6.45, 7) is 0.0666. The summed E-state index contributed by atoms with van der Waals surface area (Å²) in [4.78, 5) is 34.3. The van der Waals surface area contributed by atoms with E-state index in [4.69, 9.17) is 4.74 Å². The third-order valence-corrected chi connectivity index (χ3v) is 4.55. The molecule has 0 unspecified atom stereocenters. The fourth-order valence-corrected chi connectivity index (χ4v) is 3.39. The van der Waals surface area contributed by atoms with Gasteiger partial charge in [-0.15, -0.1) is 11.3 Å². The van der Waals surface area contributed by atoms with Crippen LogP contribution in [0.4, 0.5) is 10.8 Å². The Bertz CT molecular complexity index is 958. The van der Waals surface area contributed by atoms with Gasteiger partial charge in [0.15, 0.2) is 10.9 Å². The standard InChI is InChI=1S/C18H14N4O3S/c23-16(9-22-10-17(24)25-15-6-2-1-5-14(15)22)21-18-20-13(11-26-18)12-4-3-7-19-8-12/h1-8,11H,9-10H2,(H,20,21,23). The van der Waals surface area contributed by atoms with E-state index < -0.39 is 0 Å². The molecule has 1 amide bonds. The molecule has 0 saturated heterocycles. The van der Waals surface area contributed by atoms with Crippen LogP contribution in [0.1, 0.15) is 0 Å². The normalized spacial score (nSPS) is 13.1. The molecule has 0 fully saturated rings. The summed E-state index contributed by atoms with van der Waals surface area (Å²) in [7, 11) is 0. The summed E-state index contributed by atoms with van der Waals surface area (Å²) in [5, 5.41) is 5.14. The van der Waals surface area contributed by atoms with Gasteiger partial charge >= 0.3 is 5.97 Å². The minimum atomic E-state index is -0.385. The van der Waals surface area contributed by atoms with Gasteiger partial charge in [-0.2, -0.15) is 0 Å². The molecular formula is C18H14N4O3S. The number of thiazole rings is 1. The quantitative estimate of drug-likeness (QED) is 0.564. The highest BCUT2D eigenvalue weighted by molar-refractivity contribution is 7.14. The second-order valence-corrected chi connectivity index (χ2v) is 6.48. The lowest BCUT2D eigenvalue weighted by atomic mass is 10.2. The van der Waals surface area contributed by atoms with Crippen LogP contribution in [0, 0.1) is 0 Å². The average molecular weight is 366 g/mol. The minimum Gasteiger partial charge on any atom is -0.423 e. The third-order valence-electron chi connectivity index (χ3n) is 3.79. The molecule has 3 aromatic rings. The van der Waals surface area contributed by atoms with Gasteiger partial charge < -0.3 is 15.0 Å². The lowest BCUT2D eigenvalue weighted by molar-refractivity contribution is -0.133. The molecule has 3 heterocycles. The Kier molecular flexibility index (Phi) is 4.32. The number of fused-ring (bicyclic) bond motifs is 1. The first kappa shape index (κ1) is 16.2. The van der Waals surface area contributed by atoms with Gasteiger partial charge in [0, 0.05) is 23.3 Å². The molecule has 1 aromatic carbocycles. The zero-order chi connectivity index (χ0) is 17.9. The van der Waals surface area contributed by atoms with Gasteiger partial charge in [-0.25, -0.2) is 9.78 Å². The molecule has 1 N–H and O–H groups in total. The number of nitrogens with zero attached hydrogens (tertiary/aromatic N) is 3. The van der Waals surface area contributed by atoms with Crippen molar-refractivity contribution in [1.82, 2.24) is 9.97 Å². The van der Waals surface area contributed by atoms with E-state index in [1.165, 1.54) is 11.3 Å². The summed E-state index contributed by atoms with van der Waals surface area (Å²) in [6, 6.07) is 10.9. The molecule has 26 heavy (non-hydrogen) atoms. The smallest absolute Gasteiger partial charge is 0.331 e. The molecule has 0 radical (unpaired) electrons. The number of carbonyl (C=O) groups excluding carboxylic acids is 2. The van der Waals surface area contributed by atoms with E-state index in [1.54, 1.807) is 29.4 Å². The molecule has 2 aromatic heterocycles. The van der Waals surface area contributed by atoms with E-state index in [0.717, 1.165) is 16.9 Å². The number of benzene rings is 1. The Morgan fingerprint density at radius 2 is 2.15 bits per heavy atom. The van der Waals surface area contributed by atoms with Crippen molar-refractivity contribution < 1.29 is 14.3 Å². The number of hydrogen-bond donors (Lipinski definition) is 1.